The molecule has 120 valence electrons. The summed E-state index contributed by atoms with van der Waals surface area (Å²) >= 11 is 0. The van der Waals surface area contributed by atoms with E-state index in [9.17, 15) is 8.42 Å². The van der Waals surface area contributed by atoms with Crippen LogP contribution in [0.1, 0.15) is 11.1 Å². The van der Waals surface area contributed by atoms with E-state index in [1.165, 1.54) is 7.11 Å². The first-order valence-corrected chi connectivity index (χ1v) is 8.18. The van der Waals surface area contributed by atoms with Crippen molar-refractivity contribution in [2.75, 3.05) is 34.4 Å². The van der Waals surface area contributed by atoms with Gasteiger partial charge in [0.1, 0.15) is 0 Å². The molecule has 0 aliphatic carbocycles. The normalized spacial score (nSPS) is 13.3. The zero-order valence-corrected chi connectivity index (χ0v) is 13.8. The van der Waals surface area contributed by atoms with E-state index >= 15 is 0 Å². The summed E-state index contributed by atoms with van der Waals surface area (Å²) in [4.78, 5) is 0.294. The smallest absolute Gasteiger partial charge is 0.240 e. The van der Waals surface area contributed by atoms with Crippen LogP contribution in [0.25, 0.3) is 0 Å². The highest BCUT2D eigenvalue weighted by atomic mass is 32.2. The van der Waals surface area contributed by atoms with Crippen molar-refractivity contribution in [3.63, 3.8) is 0 Å². The fourth-order valence-electron chi connectivity index (χ4n) is 1.92. The van der Waals surface area contributed by atoms with Crippen LogP contribution < -0.4 is 10.0 Å². The highest BCUT2D eigenvalue weighted by Gasteiger charge is 2.19. The second-order valence-electron chi connectivity index (χ2n) is 4.80. The van der Waals surface area contributed by atoms with Gasteiger partial charge in [-0.25, -0.2) is 13.1 Å². The Morgan fingerprint density at radius 2 is 2.00 bits per heavy atom. The van der Waals surface area contributed by atoms with Crippen LogP contribution in [0, 0.1) is 6.92 Å². The van der Waals surface area contributed by atoms with E-state index in [2.05, 4.69) is 10.0 Å². The second-order valence-corrected chi connectivity index (χ2v) is 6.53. The van der Waals surface area contributed by atoms with Crippen molar-refractivity contribution in [2.45, 2.75) is 24.5 Å². The Bertz CT molecular complexity index is 546. The summed E-state index contributed by atoms with van der Waals surface area (Å²) in [6.07, 6.45) is -0.314. The molecule has 0 fully saturated rings. The molecule has 0 heterocycles. The van der Waals surface area contributed by atoms with E-state index < -0.39 is 10.0 Å². The van der Waals surface area contributed by atoms with Crippen LogP contribution >= 0.6 is 0 Å². The molecule has 21 heavy (non-hydrogen) atoms. The number of rotatable bonds is 9. The van der Waals surface area contributed by atoms with Crippen LogP contribution in [0.2, 0.25) is 0 Å². The first kappa shape index (κ1) is 18.1. The van der Waals surface area contributed by atoms with Gasteiger partial charge in [-0.1, -0.05) is 12.1 Å². The minimum Gasteiger partial charge on any atom is -0.382 e. The summed E-state index contributed by atoms with van der Waals surface area (Å²) in [6, 6.07) is 5.41. The second kappa shape index (κ2) is 8.45. The molecular weight excluding hydrogens is 292 g/mol. The van der Waals surface area contributed by atoms with Crippen molar-refractivity contribution in [2.24, 2.45) is 0 Å². The molecule has 1 aromatic rings. The quantitative estimate of drug-likeness (QED) is 0.700. The maximum atomic E-state index is 12.4. The standard InChI is InChI=1S/C14H24N2O4S/c1-11-5-6-12(8-15-2)7-14(11)21(17,18)16-9-13(20-4)10-19-3/h5-7,13,15-16H,8-10H2,1-4H3. The molecule has 0 saturated carbocycles. The number of ether oxygens (including phenoxy) is 2. The van der Waals surface area contributed by atoms with Crippen molar-refractivity contribution < 1.29 is 17.9 Å². The molecule has 0 bridgehead atoms. The van der Waals surface area contributed by atoms with E-state index in [-0.39, 0.29) is 12.6 Å². The molecule has 0 amide bonds. The zero-order valence-electron chi connectivity index (χ0n) is 13.0. The Kier molecular flexibility index (Phi) is 7.27. The number of benzene rings is 1. The van der Waals surface area contributed by atoms with Gasteiger partial charge in [-0.05, 0) is 31.2 Å². The van der Waals surface area contributed by atoms with Crippen LogP contribution in [0.5, 0.6) is 0 Å². The van der Waals surface area contributed by atoms with Gasteiger partial charge < -0.3 is 14.8 Å². The molecule has 0 radical (unpaired) electrons. The number of methoxy groups -OCH3 is 2. The number of hydrogen-bond acceptors (Lipinski definition) is 5. The summed E-state index contributed by atoms with van der Waals surface area (Å²) in [7, 11) is 1.32. The molecule has 7 heteroatoms. The first-order chi connectivity index (χ1) is 9.94. The third-order valence-electron chi connectivity index (χ3n) is 3.11. The van der Waals surface area contributed by atoms with Gasteiger partial charge in [-0.3, -0.25) is 0 Å². The van der Waals surface area contributed by atoms with Crippen molar-refractivity contribution in [1.82, 2.24) is 10.0 Å². The van der Waals surface area contributed by atoms with Crippen LogP contribution in [-0.4, -0.2) is 48.9 Å². The molecule has 6 nitrogen and oxygen atoms in total. The third-order valence-corrected chi connectivity index (χ3v) is 4.68. The van der Waals surface area contributed by atoms with E-state index in [1.807, 2.05) is 19.2 Å². The predicted molar refractivity (Wildman–Crippen MR) is 81.8 cm³/mol. The Labute approximate surface area is 126 Å². The fourth-order valence-corrected chi connectivity index (χ4v) is 3.28. The average molecular weight is 316 g/mol. The van der Waals surface area contributed by atoms with Crippen LogP contribution in [0.3, 0.4) is 0 Å². The molecule has 0 aromatic heterocycles. The van der Waals surface area contributed by atoms with E-state index in [4.69, 9.17) is 9.47 Å². The van der Waals surface area contributed by atoms with Gasteiger partial charge in [0.25, 0.3) is 0 Å². The van der Waals surface area contributed by atoms with E-state index in [0.717, 1.165) is 5.56 Å². The highest BCUT2D eigenvalue weighted by molar-refractivity contribution is 7.89. The molecule has 1 aromatic carbocycles. The fraction of sp³-hybridized carbons (Fsp3) is 0.571. The van der Waals surface area contributed by atoms with Crippen LogP contribution in [0.4, 0.5) is 0 Å². The Balaban J connectivity index is 2.89. The third kappa shape index (κ3) is 5.37. The van der Waals surface area contributed by atoms with Gasteiger partial charge in [-0.15, -0.1) is 0 Å². The van der Waals surface area contributed by atoms with Crippen molar-refractivity contribution in [1.29, 1.82) is 0 Å². The van der Waals surface area contributed by atoms with E-state index in [1.54, 1.807) is 20.1 Å². The molecule has 1 rings (SSSR count). The largest absolute Gasteiger partial charge is 0.382 e. The summed E-state index contributed by atoms with van der Waals surface area (Å²) < 4.78 is 37.5. The molecule has 1 unspecified atom stereocenters. The zero-order chi connectivity index (χ0) is 15.9. The maximum Gasteiger partial charge on any atom is 0.240 e. The Morgan fingerprint density at radius 3 is 2.57 bits per heavy atom. The minimum atomic E-state index is -3.57. The molecular formula is C14H24N2O4S. The molecule has 1 atom stereocenters. The van der Waals surface area contributed by atoms with Crippen molar-refractivity contribution in [3.8, 4) is 0 Å². The van der Waals surface area contributed by atoms with Crippen LogP contribution in [-0.2, 0) is 26.0 Å². The SMILES string of the molecule is CNCc1ccc(C)c(S(=O)(=O)NCC(COC)OC)c1. The summed E-state index contributed by atoms with van der Waals surface area (Å²) in [5.41, 5.74) is 1.63. The lowest BCUT2D eigenvalue weighted by Crippen LogP contribution is -2.35. The summed E-state index contributed by atoms with van der Waals surface area (Å²) in [5.74, 6) is 0. The van der Waals surface area contributed by atoms with Gasteiger partial charge >= 0.3 is 0 Å². The average Bonchev–Trinajstić information content (AvgIpc) is 2.45. The topological polar surface area (TPSA) is 76.7 Å². The minimum absolute atomic E-state index is 0.169. The van der Waals surface area contributed by atoms with Gasteiger partial charge in [-0.2, -0.15) is 0 Å². The maximum absolute atomic E-state index is 12.4. The lowest BCUT2D eigenvalue weighted by molar-refractivity contribution is 0.0320. The van der Waals surface area contributed by atoms with Crippen molar-refractivity contribution in [3.05, 3.63) is 29.3 Å². The lowest BCUT2D eigenvalue weighted by atomic mass is 10.1. The lowest BCUT2D eigenvalue weighted by Gasteiger charge is -2.16. The highest BCUT2D eigenvalue weighted by Crippen LogP contribution is 2.17. The molecule has 0 saturated heterocycles. The van der Waals surface area contributed by atoms with E-state index in [0.29, 0.717) is 23.6 Å². The first-order valence-electron chi connectivity index (χ1n) is 6.70. The summed E-state index contributed by atoms with van der Waals surface area (Å²) in [6.45, 7) is 2.90. The van der Waals surface area contributed by atoms with Gasteiger partial charge in [0.05, 0.1) is 17.6 Å². The van der Waals surface area contributed by atoms with Gasteiger partial charge in [0, 0.05) is 27.3 Å². The molecule has 2 N–H and O–H groups in total. The monoisotopic (exact) mass is 316 g/mol. The summed E-state index contributed by atoms with van der Waals surface area (Å²) in [5, 5.41) is 3.01. The predicted octanol–water partition coefficient (Wildman–Crippen LogP) is 0.654. The number of nitrogens with one attached hydrogen (secondary N) is 2. The molecule has 0 aliphatic rings. The van der Waals surface area contributed by atoms with Gasteiger partial charge in [0.15, 0.2) is 0 Å². The Morgan fingerprint density at radius 1 is 1.29 bits per heavy atom. The number of hydrogen-bond donors (Lipinski definition) is 2. The Hall–Kier alpha value is -0.990. The molecule has 0 aliphatic heterocycles. The number of aryl methyl sites for hydroxylation is 1. The van der Waals surface area contributed by atoms with Crippen molar-refractivity contribution >= 4 is 10.0 Å². The van der Waals surface area contributed by atoms with Crippen LogP contribution in [0.15, 0.2) is 23.1 Å². The molecule has 0 spiro atoms. The van der Waals surface area contributed by atoms with Gasteiger partial charge in [0.2, 0.25) is 10.0 Å². The number of sulfonamides is 1.